The van der Waals surface area contributed by atoms with Gasteiger partial charge < -0.3 is 15.6 Å². The number of fused-ring (bicyclic) bond motifs is 3. The molecule has 0 bridgehead atoms. The van der Waals surface area contributed by atoms with Crippen LogP contribution in [0.3, 0.4) is 0 Å². The molecular formula is C30H28F2N6O. The van der Waals surface area contributed by atoms with Crippen molar-refractivity contribution in [1.82, 2.24) is 19.9 Å². The number of aryl methyl sites for hydroxylation is 1. The van der Waals surface area contributed by atoms with E-state index in [2.05, 4.69) is 24.8 Å². The molecule has 9 heteroatoms. The van der Waals surface area contributed by atoms with Crippen molar-refractivity contribution in [2.75, 3.05) is 37.6 Å². The maximum Gasteiger partial charge on any atom is 0.249 e. The van der Waals surface area contributed by atoms with Gasteiger partial charge in [-0.25, -0.2) is 18.7 Å². The van der Waals surface area contributed by atoms with Gasteiger partial charge in [-0.3, -0.25) is 9.69 Å². The summed E-state index contributed by atoms with van der Waals surface area (Å²) in [6, 6.07) is 15.8. The Morgan fingerprint density at radius 2 is 1.79 bits per heavy atom. The van der Waals surface area contributed by atoms with Crippen LogP contribution in [0.2, 0.25) is 0 Å². The summed E-state index contributed by atoms with van der Waals surface area (Å²) in [4.78, 5) is 29.4. The van der Waals surface area contributed by atoms with E-state index in [0.717, 1.165) is 82.7 Å². The van der Waals surface area contributed by atoms with Crippen molar-refractivity contribution in [3.63, 3.8) is 0 Å². The average molecular weight is 527 g/mol. The van der Waals surface area contributed by atoms with Gasteiger partial charge in [0.25, 0.3) is 0 Å². The van der Waals surface area contributed by atoms with E-state index in [1.165, 1.54) is 12.1 Å². The lowest BCUT2D eigenvalue weighted by Gasteiger charge is -2.35. The summed E-state index contributed by atoms with van der Waals surface area (Å²) in [5.41, 5.74) is 12.3. The molecule has 6 rings (SSSR count). The Morgan fingerprint density at radius 3 is 2.56 bits per heavy atom. The van der Waals surface area contributed by atoms with Gasteiger partial charge in [-0.15, -0.1) is 0 Å². The quantitative estimate of drug-likeness (QED) is 0.331. The van der Waals surface area contributed by atoms with E-state index in [-0.39, 0.29) is 0 Å². The van der Waals surface area contributed by atoms with Gasteiger partial charge in [0.1, 0.15) is 17.4 Å². The molecule has 3 N–H and O–H groups in total. The van der Waals surface area contributed by atoms with Gasteiger partial charge in [0.05, 0.1) is 0 Å². The zero-order chi connectivity index (χ0) is 27.1. The first-order valence-electron chi connectivity index (χ1n) is 13.0. The second kappa shape index (κ2) is 10.1. The van der Waals surface area contributed by atoms with Crippen LogP contribution in [0.15, 0.2) is 60.9 Å². The van der Waals surface area contributed by atoms with Crippen LogP contribution >= 0.6 is 0 Å². The van der Waals surface area contributed by atoms with Crippen LogP contribution in [0.5, 0.6) is 0 Å². The molecule has 1 fully saturated rings. The van der Waals surface area contributed by atoms with Crippen molar-refractivity contribution in [3.05, 3.63) is 89.2 Å². The molecule has 1 saturated heterocycles. The lowest BCUT2D eigenvalue weighted by molar-refractivity contribution is 0.100. The molecular weight excluding hydrogens is 498 g/mol. The number of amides is 1. The van der Waals surface area contributed by atoms with Gasteiger partial charge in [0, 0.05) is 49.2 Å². The molecule has 0 aliphatic carbocycles. The predicted octanol–water partition coefficient (Wildman–Crippen LogP) is 4.83. The SMILES string of the molecule is Cc1ccc(C(N)=O)c(-c2ccc3[nH]c4c(N5CCN(CCc6ccc(F)c(F)c6)CC5)ncnc4c3c2)c1. The summed E-state index contributed by atoms with van der Waals surface area (Å²) in [5.74, 6) is -1.23. The van der Waals surface area contributed by atoms with Crippen molar-refractivity contribution in [1.29, 1.82) is 0 Å². The second-order valence-corrected chi connectivity index (χ2v) is 10.0. The van der Waals surface area contributed by atoms with Crippen molar-refractivity contribution in [2.24, 2.45) is 5.73 Å². The number of piperazine rings is 1. The molecule has 0 spiro atoms. The predicted molar refractivity (Wildman–Crippen MR) is 149 cm³/mol. The fourth-order valence-corrected chi connectivity index (χ4v) is 5.36. The van der Waals surface area contributed by atoms with Crippen LogP contribution in [-0.4, -0.2) is 58.5 Å². The summed E-state index contributed by atoms with van der Waals surface area (Å²) in [6.07, 6.45) is 2.26. The molecule has 0 unspecified atom stereocenters. The summed E-state index contributed by atoms with van der Waals surface area (Å²) in [5, 5.41) is 0.952. The van der Waals surface area contributed by atoms with Crippen molar-refractivity contribution in [2.45, 2.75) is 13.3 Å². The smallest absolute Gasteiger partial charge is 0.249 e. The van der Waals surface area contributed by atoms with E-state index in [4.69, 9.17) is 5.73 Å². The average Bonchev–Trinajstić information content (AvgIpc) is 3.32. The van der Waals surface area contributed by atoms with Crippen LogP contribution < -0.4 is 10.6 Å². The van der Waals surface area contributed by atoms with Crippen molar-refractivity contribution >= 4 is 33.7 Å². The van der Waals surface area contributed by atoms with Crippen molar-refractivity contribution < 1.29 is 13.6 Å². The Morgan fingerprint density at radius 1 is 0.974 bits per heavy atom. The number of carbonyl (C=O) groups is 1. The molecule has 39 heavy (non-hydrogen) atoms. The number of rotatable bonds is 6. The number of nitrogens with two attached hydrogens (primary N) is 1. The van der Waals surface area contributed by atoms with Gasteiger partial charge in [-0.05, 0) is 60.4 Å². The normalized spacial score (nSPS) is 14.4. The number of hydrogen-bond donors (Lipinski definition) is 2. The molecule has 0 saturated carbocycles. The van der Waals surface area contributed by atoms with Gasteiger partial charge in [0.2, 0.25) is 5.91 Å². The fraction of sp³-hybridized carbons (Fsp3) is 0.233. The lowest BCUT2D eigenvalue weighted by Crippen LogP contribution is -2.47. The minimum Gasteiger partial charge on any atom is -0.366 e. The topological polar surface area (TPSA) is 91.1 Å². The Balaban J connectivity index is 1.23. The number of primary amides is 1. The molecule has 1 aliphatic heterocycles. The highest BCUT2D eigenvalue weighted by atomic mass is 19.2. The fourth-order valence-electron chi connectivity index (χ4n) is 5.36. The second-order valence-electron chi connectivity index (χ2n) is 10.0. The number of nitrogens with zero attached hydrogens (tertiary/aromatic N) is 4. The number of anilines is 1. The molecule has 3 aromatic carbocycles. The minimum atomic E-state index is -0.817. The third kappa shape index (κ3) is 4.81. The van der Waals surface area contributed by atoms with E-state index >= 15 is 0 Å². The molecule has 0 radical (unpaired) electrons. The maximum absolute atomic E-state index is 13.5. The molecule has 3 heterocycles. The lowest BCUT2D eigenvalue weighted by atomic mass is 9.96. The highest BCUT2D eigenvalue weighted by Gasteiger charge is 2.22. The van der Waals surface area contributed by atoms with E-state index in [1.54, 1.807) is 18.5 Å². The van der Waals surface area contributed by atoms with E-state index < -0.39 is 17.5 Å². The molecule has 0 atom stereocenters. The first kappa shape index (κ1) is 24.9. The first-order chi connectivity index (χ1) is 18.9. The van der Waals surface area contributed by atoms with E-state index in [9.17, 15) is 13.6 Å². The third-order valence-electron chi connectivity index (χ3n) is 7.49. The first-order valence-corrected chi connectivity index (χ1v) is 13.0. The Hall–Kier alpha value is -4.37. The number of carbonyl (C=O) groups excluding carboxylic acids is 1. The zero-order valence-corrected chi connectivity index (χ0v) is 21.5. The Kier molecular flexibility index (Phi) is 6.44. The highest BCUT2D eigenvalue weighted by molar-refractivity contribution is 6.10. The van der Waals surface area contributed by atoms with Crippen LogP contribution in [0, 0.1) is 18.6 Å². The van der Waals surface area contributed by atoms with Crippen LogP contribution in [0.25, 0.3) is 33.1 Å². The van der Waals surface area contributed by atoms with Crippen LogP contribution in [-0.2, 0) is 6.42 Å². The van der Waals surface area contributed by atoms with Crippen LogP contribution in [0.1, 0.15) is 21.5 Å². The maximum atomic E-state index is 13.5. The number of hydrogen-bond acceptors (Lipinski definition) is 5. The monoisotopic (exact) mass is 526 g/mol. The molecule has 7 nitrogen and oxygen atoms in total. The summed E-state index contributed by atoms with van der Waals surface area (Å²) < 4.78 is 26.7. The summed E-state index contributed by atoms with van der Waals surface area (Å²) in [7, 11) is 0. The Bertz CT molecular complexity index is 1710. The number of nitrogens with one attached hydrogen (secondary N) is 1. The summed E-state index contributed by atoms with van der Waals surface area (Å²) in [6.45, 7) is 6.01. The number of aromatic amines is 1. The number of aromatic nitrogens is 3. The zero-order valence-electron chi connectivity index (χ0n) is 21.5. The van der Waals surface area contributed by atoms with E-state index in [0.29, 0.717) is 12.0 Å². The molecule has 198 valence electrons. The molecule has 5 aromatic rings. The molecule has 1 aliphatic rings. The van der Waals surface area contributed by atoms with Gasteiger partial charge in [0.15, 0.2) is 17.5 Å². The largest absolute Gasteiger partial charge is 0.366 e. The molecule has 1 amide bonds. The Labute approximate surface area is 224 Å². The van der Waals surface area contributed by atoms with Gasteiger partial charge in [-0.2, -0.15) is 0 Å². The van der Waals surface area contributed by atoms with Gasteiger partial charge in [-0.1, -0.05) is 29.8 Å². The minimum absolute atomic E-state index is 0.461. The van der Waals surface area contributed by atoms with Crippen molar-refractivity contribution in [3.8, 4) is 11.1 Å². The van der Waals surface area contributed by atoms with Gasteiger partial charge >= 0.3 is 0 Å². The standard InChI is InChI=1S/C30H28F2N6O/c1-18-2-5-21(29(33)39)22(14-18)20-4-7-26-23(16-20)27-28(36-26)30(35-17-34-27)38-12-10-37(11-13-38)9-8-19-3-6-24(31)25(32)15-19/h2-7,14-17,36H,8-13H2,1H3,(H2,33,39). The number of halogens is 2. The van der Waals surface area contributed by atoms with Crippen LogP contribution in [0.4, 0.5) is 14.6 Å². The number of H-pyrrole nitrogens is 1. The summed E-state index contributed by atoms with van der Waals surface area (Å²) >= 11 is 0. The number of benzene rings is 3. The van der Waals surface area contributed by atoms with E-state index in [1.807, 2.05) is 37.3 Å². The third-order valence-corrected chi connectivity index (χ3v) is 7.49. The highest BCUT2D eigenvalue weighted by Crippen LogP contribution is 2.34. The molecule has 2 aromatic heterocycles.